The summed E-state index contributed by atoms with van der Waals surface area (Å²) in [7, 11) is 0. The van der Waals surface area contributed by atoms with Gasteiger partial charge in [-0.2, -0.15) is 13.2 Å². The second-order valence-electron chi connectivity index (χ2n) is 7.14. The van der Waals surface area contributed by atoms with Crippen LogP contribution in [0.5, 0.6) is 5.75 Å². The maximum atomic E-state index is 12.9. The van der Waals surface area contributed by atoms with Crippen LogP contribution in [0.1, 0.15) is 18.4 Å². The van der Waals surface area contributed by atoms with Gasteiger partial charge in [0, 0.05) is 48.2 Å². The quantitative estimate of drug-likeness (QED) is 0.602. The molecule has 0 saturated carbocycles. The molecule has 1 aliphatic heterocycles. The van der Waals surface area contributed by atoms with E-state index in [1.54, 1.807) is 12.3 Å². The summed E-state index contributed by atoms with van der Waals surface area (Å²) in [6.07, 6.45) is -0.181. The number of alkyl halides is 3. The largest absolute Gasteiger partial charge is 0.507 e. The van der Waals surface area contributed by atoms with Crippen LogP contribution in [0.2, 0.25) is 0 Å². The van der Waals surface area contributed by atoms with Crippen LogP contribution in [0, 0.1) is 5.92 Å². The van der Waals surface area contributed by atoms with Crippen LogP contribution < -0.4 is 10.6 Å². The molecule has 1 aromatic carbocycles. The van der Waals surface area contributed by atoms with Gasteiger partial charge in [-0.25, -0.2) is 0 Å². The maximum absolute atomic E-state index is 12.9. The molecule has 30 heavy (non-hydrogen) atoms. The molecule has 0 bridgehead atoms. The Bertz CT molecular complexity index is 1100. The Morgan fingerprint density at radius 2 is 2.03 bits per heavy atom. The second kappa shape index (κ2) is 7.77. The number of nitrogens with zero attached hydrogens (tertiary/aromatic N) is 3. The van der Waals surface area contributed by atoms with Gasteiger partial charge in [0.2, 0.25) is 5.91 Å². The van der Waals surface area contributed by atoms with E-state index in [-0.39, 0.29) is 23.1 Å². The zero-order chi connectivity index (χ0) is 21.3. The molecular formula is C20H18F3N5O2. The van der Waals surface area contributed by atoms with Gasteiger partial charge in [0.05, 0.1) is 5.56 Å². The van der Waals surface area contributed by atoms with Crippen molar-refractivity contribution in [1.29, 1.82) is 0 Å². The number of piperidine rings is 1. The first-order chi connectivity index (χ1) is 14.3. The number of amides is 1. The van der Waals surface area contributed by atoms with E-state index in [1.807, 2.05) is 0 Å². The van der Waals surface area contributed by atoms with Crippen LogP contribution in [0.25, 0.3) is 22.0 Å². The van der Waals surface area contributed by atoms with Crippen molar-refractivity contribution in [1.82, 2.24) is 20.5 Å². The van der Waals surface area contributed by atoms with E-state index in [2.05, 4.69) is 25.8 Å². The first kappa shape index (κ1) is 19.9. The number of benzene rings is 1. The lowest BCUT2D eigenvalue weighted by molar-refractivity contribution is -0.137. The lowest BCUT2D eigenvalue weighted by atomic mass is 9.97. The number of nitrogens with one attached hydrogen (secondary N) is 2. The number of aromatic nitrogens is 3. The summed E-state index contributed by atoms with van der Waals surface area (Å²) in [5.41, 5.74) is -0.555. The SMILES string of the molecule is O=C1C[C@@H](CNc2nnc(-c3ccc(C(F)(F)F)cc3O)c3ccncc23)CCN1. The van der Waals surface area contributed by atoms with Crippen molar-refractivity contribution in [2.24, 2.45) is 5.92 Å². The molecule has 1 saturated heterocycles. The Morgan fingerprint density at radius 1 is 1.20 bits per heavy atom. The van der Waals surface area contributed by atoms with Crippen molar-refractivity contribution >= 4 is 22.5 Å². The summed E-state index contributed by atoms with van der Waals surface area (Å²) >= 11 is 0. The maximum Gasteiger partial charge on any atom is 0.416 e. The number of rotatable bonds is 4. The number of anilines is 1. The number of carbonyl (C=O) groups is 1. The predicted octanol–water partition coefficient (Wildman–Crippen LogP) is 3.35. The molecule has 1 atom stereocenters. The molecule has 3 heterocycles. The molecule has 1 amide bonds. The van der Waals surface area contributed by atoms with Crippen LogP contribution in [0.15, 0.2) is 36.7 Å². The molecule has 1 fully saturated rings. The molecule has 3 aromatic rings. The molecule has 2 aromatic heterocycles. The number of pyridine rings is 1. The number of hydrogen-bond donors (Lipinski definition) is 3. The van der Waals surface area contributed by atoms with Gasteiger partial charge in [-0.15, -0.1) is 10.2 Å². The number of phenols is 1. The lowest BCUT2D eigenvalue weighted by Crippen LogP contribution is -2.36. The molecule has 156 valence electrons. The molecule has 10 heteroatoms. The highest BCUT2D eigenvalue weighted by atomic mass is 19.4. The van der Waals surface area contributed by atoms with Gasteiger partial charge in [0.1, 0.15) is 11.4 Å². The highest BCUT2D eigenvalue weighted by Gasteiger charge is 2.31. The topological polar surface area (TPSA) is 100 Å². The van der Waals surface area contributed by atoms with Gasteiger partial charge in [0.15, 0.2) is 5.82 Å². The van der Waals surface area contributed by atoms with E-state index < -0.39 is 17.5 Å². The molecule has 0 aliphatic carbocycles. The summed E-state index contributed by atoms with van der Waals surface area (Å²) < 4.78 is 38.7. The van der Waals surface area contributed by atoms with Gasteiger partial charge in [-0.1, -0.05) is 0 Å². The minimum absolute atomic E-state index is 0.0128. The van der Waals surface area contributed by atoms with Gasteiger partial charge < -0.3 is 15.7 Å². The number of halogens is 3. The smallest absolute Gasteiger partial charge is 0.416 e. The molecule has 3 N–H and O–H groups in total. The van der Waals surface area contributed by atoms with Crippen molar-refractivity contribution < 1.29 is 23.1 Å². The summed E-state index contributed by atoms with van der Waals surface area (Å²) in [5.74, 6) is 0.0927. The van der Waals surface area contributed by atoms with Crippen molar-refractivity contribution in [2.75, 3.05) is 18.4 Å². The Kier molecular flexibility index (Phi) is 5.15. The van der Waals surface area contributed by atoms with Gasteiger partial charge in [0.25, 0.3) is 0 Å². The number of carbonyl (C=O) groups excluding carboxylic acids is 1. The molecule has 1 aliphatic rings. The fourth-order valence-corrected chi connectivity index (χ4v) is 3.50. The minimum Gasteiger partial charge on any atom is -0.507 e. The van der Waals surface area contributed by atoms with Gasteiger partial charge in [-0.3, -0.25) is 9.78 Å². The van der Waals surface area contributed by atoms with E-state index in [1.165, 1.54) is 12.3 Å². The van der Waals surface area contributed by atoms with Crippen LogP contribution in [-0.4, -0.2) is 39.3 Å². The Morgan fingerprint density at radius 3 is 2.77 bits per heavy atom. The normalized spacial score (nSPS) is 17.0. The second-order valence-corrected chi connectivity index (χ2v) is 7.14. The molecule has 0 spiro atoms. The van der Waals surface area contributed by atoms with Crippen molar-refractivity contribution in [3.8, 4) is 17.0 Å². The summed E-state index contributed by atoms with van der Waals surface area (Å²) in [6, 6.07) is 4.40. The van der Waals surface area contributed by atoms with Crippen LogP contribution in [0.3, 0.4) is 0 Å². The van der Waals surface area contributed by atoms with E-state index in [0.29, 0.717) is 42.2 Å². The molecule has 7 nitrogen and oxygen atoms in total. The summed E-state index contributed by atoms with van der Waals surface area (Å²) in [5, 5.41) is 25.7. The zero-order valence-corrected chi connectivity index (χ0v) is 15.7. The minimum atomic E-state index is -4.56. The molecule has 0 unspecified atom stereocenters. The third-order valence-corrected chi connectivity index (χ3v) is 5.07. The highest BCUT2D eigenvalue weighted by molar-refractivity contribution is 6.00. The van der Waals surface area contributed by atoms with Gasteiger partial charge >= 0.3 is 6.18 Å². The van der Waals surface area contributed by atoms with Crippen LogP contribution in [-0.2, 0) is 11.0 Å². The third-order valence-electron chi connectivity index (χ3n) is 5.07. The van der Waals surface area contributed by atoms with Gasteiger partial charge in [-0.05, 0) is 36.6 Å². The monoisotopic (exact) mass is 417 g/mol. The van der Waals surface area contributed by atoms with E-state index in [0.717, 1.165) is 12.5 Å². The van der Waals surface area contributed by atoms with Crippen molar-refractivity contribution in [3.63, 3.8) is 0 Å². The van der Waals surface area contributed by atoms with Crippen LogP contribution in [0.4, 0.5) is 19.0 Å². The van der Waals surface area contributed by atoms with E-state index in [4.69, 9.17) is 0 Å². The Hall–Kier alpha value is -3.43. The average molecular weight is 417 g/mol. The summed E-state index contributed by atoms with van der Waals surface area (Å²) in [6.45, 7) is 1.16. The standard InChI is InChI=1S/C20H18F3N5O2/c21-20(22,23)12-1-2-14(16(29)8-12)18-13-4-5-24-10-15(13)19(28-27-18)26-9-11-3-6-25-17(30)7-11/h1-2,4-5,8,10-11,29H,3,6-7,9H2,(H,25,30)(H,26,28)/t11-/m0/s1. The number of phenolic OH excluding ortho intramolecular Hbond substituents is 1. The van der Waals surface area contributed by atoms with E-state index >= 15 is 0 Å². The molecule has 0 radical (unpaired) electrons. The lowest BCUT2D eigenvalue weighted by Gasteiger charge is -2.22. The third kappa shape index (κ3) is 3.98. The summed E-state index contributed by atoms with van der Waals surface area (Å²) in [4.78, 5) is 15.6. The van der Waals surface area contributed by atoms with E-state index in [9.17, 15) is 23.1 Å². The highest BCUT2D eigenvalue weighted by Crippen LogP contribution is 2.38. The number of aromatic hydroxyl groups is 1. The fraction of sp³-hybridized carbons (Fsp3) is 0.300. The zero-order valence-electron chi connectivity index (χ0n) is 15.7. The molecular weight excluding hydrogens is 399 g/mol. The Balaban J connectivity index is 1.67. The Labute approximate surface area is 169 Å². The van der Waals surface area contributed by atoms with Crippen molar-refractivity contribution in [3.05, 3.63) is 42.2 Å². The van der Waals surface area contributed by atoms with Crippen LogP contribution >= 0.6 is 0 Å². The predicted molar refractivity (Wildman–Crippen MR) is 104 cm³/mol. The first-order valence-corrected chi connectivity index (χ1v) is 9.34. The fourth-order valence-electron chi connectivity index (χ4n) is 3.50. The number of hydrogen-bond acceptors (Lipinski definition) is 6. The first-order valence-electron chi connectivity index (χ1n) is 9.34. The number of fused-ring (bicyclic) bond motifs is 1. The van der Waals surface area contributed by atoms with Crippen molar-refractivity contribution in [2.45, 2.75) is 19.0 Å². The molecule has 4 rings (SSSR count). The average Bonchev–Trinajstić information content (AvgIpc) is 2.71.